The van der Waals surface area contributed by atoms with Crippen LogP contribution in [0.1, 0.15) is 36.9 Å². The van der Waals surface area contributed by atoms with E-state index in [1.807, 2.05) is 43.3 Å². The molecule has 150 valence electrons. The van der Waals surface area contributed by atoms with Crippen LogP contribution in [0.5, 0.6) is 11.5 Å². The number of aryl methyl sites for hydroxylation is 1. The minimum atomic E-state index is -0.281. The second kappa shape index (κ2) is 9.57. The van der Waals surface area contributed by atoms with Crippen molar-refractivity contribution in [2.24, 2.45) is 0 Å². The summed E-state index contributed by atoms with van der Waals surface area (Å²) in [4.78, 5) is 12.6. The van der Waals surface area contributed by atoms with E-state index >= 15 is 0 Å². The van der Waals surface area contributed by atoms with Crippen molar-refractivity contribution in [3.8, 4) is 11.5 Å². The van der Waals surface area contributed by atoms with Gasteiger partial charge < -0.3 is 14.8 Å². The summed E-state index contributed by atoms with van der Waals surface area (Å²) < 4.78 is 10.7. The van der Waals surface area contributed by atoms with Gasteiger partial charge in [0.1, 0.15) is 17.5 Å². The highest BCUT2D eigenvalue weighted by Gasteiger charge is 2.32. The van der Waals surface area contributed by atoms with Crippen LogP contribution < -0.4 is 25.6 Å². The van der Waals surface area contributed by atoms with Crippen LogP contribution in [-0.4, -0.2) is 32.2 Å². The molecule has 0 saturated carbocycles. The Morgan fingerprint density at radius 2 is 1.93 bits per heavy atom. The van der Waals surface area contributed by atoms with E-state index in [-0.39, 0.29) is 24.0 Å². The maximum atomic E-state index is 12.6. The lowest BCUT2D eigenvalue weighted by Gasteiger charge is -2.17. The highest BCUT2D eigenvalue weighted by molar-refractivity contribution is 5.82. The predicted octanol–water partition coefficient (Wildman–Crippen LogP) is 2.75. The number of rotatable bonds is 8. The van der Waals surface area contributed by atoms with Gasteiger partial charge in [0.2, 0.25) is 5.91 Å². The Morgan fingerprint density at radius 1 is 1.14 bits per heavy atom. The smallest absolute Gasteiger partial charge is 0.238 e. The molecule has 0 aliphatic carbocycles. The third-order valence-corrected chi connectivity index (χ3v) is 5.13. The molecule has 3 rings (SSSR count). The average molecular weight is 383 g/mol. The summed E-state index contributed by atoms with van der Waals surface area (Å²) in [6.45, 7) is 2.05. The largest absolute Gasteiger partial charge is 0.497 e. The number of carbonyl (C=O) groups is 1. The molecule has 1 amide bonds. The number of hydrogen-bond donors (Lipinski definition) is 3. The number of hydrazine groups is 1. The fourth-order valence-corrected chi connectivity index (χ4v) is 3.48. The summed E-state index contributed by atoms with van der Waals surface area (Å²) >= 11 is 0. The van der Waals surface area contributed by atoms with Crippen LogP contribution in [0, 0.1) is 0 Å². The molecule has 6 nitrogen and oxygen atoms in total. The molecule has 1 saturated heterocycles. The first-order chi connectivity index (χ1) is 13.6. The first kappa shape index (κ1) is 20.2. The van der Waals surface area contributed by atoms with Gasteiger partial charge in [-0.25, -0.2) is 10.9 Å². The van der Waals surface area contributed by atoms with Crippen molar-refractivity contribution < 1.29 is 14.3 Å². The first-order valence-corrected chi connectivity index (χ1v) is 9.68. The number of carbonyl (C=O) groups excluding carboxylic acids is 1. The quantitative estimate of drug-likeness (QED) is 0.654. The van der Waals surface area contributed by atoms with E-state index in [1.54, 1.807) is 14.2 Å². The zero-order valence-electron chi connectivity index (χ0n) is 16.7. The molecular weight excluding hydrogens is 354 g/mol. The number of benzene rings is 2. The Labute approximate surface area is 166 Å². The number of amides is 1. The SMILES string of the molecule is COc1ccc(C2CC(C(=O)NC(C)CCc3ccccc3)NN2)c(OC)c1. The molecule has 6 heteroatoms. The van der Waals surface area contributed by atoms with Crippen LogP contribution >= 0.6 is 0 Å². The minimum absolute atomic E-state index is 0.00349. The standard InChI is InChI=1S/C22H29N3O3/c1-15(9-10-16-7-5-4-6-8-16)23-22(26)20-14-19(24-25-20)18-12-11-17(27-2)13-21(18)28-3/h4-8,11-13,15,19-20,24-25H,9-10,14H2,1-3H3,(H,23,26). The molecule has 3 N–H and O–H groups in total. The maximum absolute atomic E-state index is 12.6. The maximum Gasteiger partial charge on any atom is 0.238 e. The molecule has 0 aromatic heterocycles. The van der Waals surface area contributed by atoms with Crippen LogP contribution in [0.15, 0.2) is 48.5 Å². The highest BCUT2D eigenvalue weighted by atomic mass is 16.5. The van der Waals surface area contributed by atoms with E-state index in [0.29, 0.717) is 6.42 Å². The van der Waals surface area contributed by atoms with Gasteiger partial charge in [0.15, 0.2) is 0 Å². The minimum Gasteiger partial charge on any atom is -0.497 e. The number of hydrogen-bond acceptors (Lipinski definition) is 5. The second-order valence-corrected chi connectivity index (χ2v) is 7.17. The molecule has 0 radical (unpaired) electrons. The van der Waals surface area contributed by atoms with Crippen LogP contribution in [0.25, 0.3) is 0 Å². The Bertz CT molecular complexity index is 782. The molecule has 1 heterocycles. The zero-order chi connectivity index (χ0) is 19.9. The molecule has 3 unspecified atom stereocenters. The topological polar surface area (TPSA) is 71.6 Å². The lowest BCUT2D eigenvalue weighted by atomic mass is 10.00. The Morgan fingerprint density at radius 3 is 2.64 bits per heavy atom. The van der Waals surface area contributed by atoms with Crippen LogP contribution in [0.4, 0.5) is 0 Å². The number of nitrogens with one attached hydrogen (secondary N) is 3. The molecule has 3 atom stereocenters. The van der Waals surface area contributed by atoms with Crippen molar-refractivity contribution in [1.82, 2.24) is 16.2 Å². The lowest BCUT2D eigenvalue weighted by Crippen LogP contribution is -2.46. The Hall–Kier alpha value is -2.57. The van der Waals surface area contributed by atoms with Crippen molar-refractivity contribution in [3.05, 3.63) is 59.7 Å². The fraction of sp³-hybridized carbons (Fsp3) is 0.409. The van der Waals surface area contributed by atoms with Crippen LogP contribution in [0.3, 0.4) is 0 Å². The third kappa shape index (κ3) is 5.03. The highest BCUT2D eigenvalue weighted by Crippen LogP contribution is 2.33. The predicted molar refractivity (Wildman–Crippen MR) is 109 cm³/mol. The number of ether oxygens (including phenoxy) is 2. The molecule has 28 heavy (non-hydrogen) atoms. The molecule has 1 aliphatic heterocycles. The fourth-order valence-electron chi connectivity index (χ4n) is 3.48. The monoisotopic (exact) mass is 383 g/mol. The zero-order valence-corrected chi connectivity index (χ0v) is 16.7. The third-order valence-electron chi connectivity index (χ3n) is 5.13. The van der Waals surface area contributed by atoms with E-state index < -0.39 is 0 Å². The van der Waals surface area contributed by atoms with Crippen molar-refractivity contribution in [2.75, 3.05) is 14.2 Å². The molecule has 0 spiro atoms. The van der Waals surface area contributed by atoms with E-state index in [1.165, 1.54) is 5.56 Å². The summed E-state index contributed by atoms with van der Waals surface area (Å²) in [6.07, 6.45) is 2.51. The van der Waals surface area contributed by atoms with Crippen molar-refractivity contribution >= 4 is 5.91 Å². The van der Waals surface area contributed by atoms with Gasteiger partial charge in [0.05, 0.1) is 20.3 Å². The summed E-state index contributed by atoms with van der Waals surface area (Å²) in [5.74, 6) is 1.51. The van der Waals surface area contributed by atoms with Gasteiger partial charge in [-0.3, -0.25) is 4.79 Å². The molecule has 2 aromatic carbocycles. The van der Waals surface area contributed by atoms with Crippen molar-refractivity contribution in [1.29, 1.82) is 0 Å². The Balaban J connectivity index is 1.52. The molecule has 2 aromatic rings. The molecule has 0 bridgehead atoms. The molecule has 1 fully saturated rings. The van der Waals surface area contributed by atoms with Gasteiger partial charge in [-0.15, -0.1) is 0 Å². The van der Waals surface area contributed by atoms with E-state index in [9.17, 15) is 4.79 Å². The number of methoxy groups -OCH3 is 2. The van der Waals surface area contributed by atoms with Crippen LogP contribution in [-0.2, 0) is 11.2 Å². The summed E-state index contributed by atoms with van der Waals surface area (Å²) in [5.41, 5.74) is 8.62. The molecule has 1 aliphatic rings. The normalized spacial score (nSPS) is 19.8. The van der Waals surface area contributed by atoms with Crippen molar-refractivity contribution in [2.45, 2.75) is 44.3 Å². The summed E-state index contributed by atoms with van der Waals surface area (Å²) in [6, 6.07) is 15.9. The van der Waals surface area contributed by atoms with Gasteiger partial charge in [0, 0.05) is 17.7 Å². The summed E-state index contributed by atoms with van der Waals surface area (Å²) in [5, 5.41) is 3.12. The van der Waals surface area contributed by atoms with Gasteiger partial charge in [0.25, 0.3) is 0 Å². The van der Waals surface area contributed by atoms with Gasteiger partial charge in [-0.05, 0) is 37.8 Å². The summed E-state index contributed by atoms with van der Waals surface area (Å²) in [7, 11) is 3.27. The lowest BCUT2D eigenvalue weighted by molar-refractivity contribution is -0.123. The van der Waals surface area contributed by atoms with Gasteiger partial charge >= 0.3 is 0 Å². The Kier molecular flexibility index (Phi) is 6.90. The van der Waals surface area contributed by atoms with E-state index in [2.05, 4.69) is 28.3 Å². The van der Waals surface area contributed by atoms with E-state index in [0.717, 1.165) is 29.9 Å². The van der Waals surface area contributed by atoms with Crippen molar-refractivity contribution in [3.63, 3.8) is 0 Å². The van der Waals surface area contributed by atoms with E-state index in [4.69, 9.17) is 9.47 Å². The van der Waals surface area contributed by atoms with Gasteiger partial charge in [-0.1, -0.05) is 36.4 Å². The first-order valence-electron chi connectivity index (χ1n) is 9.68. The van der Waals surface area contributed by atoms with Crippen LogP contribution in [0.2, 0.25) is 0 Å². The molecular formula is C22H29N3O3. The second-order valence-electron chi connectivity index (χ2n) is 7.17. The average Bonchev–Trinajstić information content (AvgIpc) is 3.22. The van der Waals surface area contributed by atoms with Gasteiger partial charge in [-0.2, -0.15) is 0 Å².